The fraction of sp³-hybridized carbons (Fsp3) is 0.226. The van der Waals surface area contributed by atoms with Crippen molar-refractivity contribution in [3.05, 3.63) is 101 Å². The molecular formula is C31H26F3NO4S. The molecule has 0 aliphatic heterocycles. The highest BCUT2D eigenvalue weighted by Crippen LogP contribution is 2.52. The lowest BCUT2D eigenvalue weighted by Gasteiger charge is -2.19. The van der Waals surface area contributed by atoms with Gasteiger partial charge in [-0.3, -0.25) is 10.1 Å². The fourth-order valence-corrected chi connectivity index (χ4v) is 5.56. The van der Waals surface area contributed by atoms with Crippen molar-refractivity contribution in [1.82, 2.24) is 0 Å². The summed E-state index contributed by atoms with van der Waals surface area (Å²) in [6, 6.07) is 19.6. The van der Waals surface area contributed by atoms with Crippen LogP contribution in [-0.2, 0) is 19.7 Å². The van der Waals surface area contributed by atoms with E-state index in [0.29, 0.717) is 23.3 Å². The van der Waals surface area contributed by atoms with Gasteiger partial charge in [0.2, 0.25) is 0 Å². The number of nitrogens with one attached hydrogen (secondary N) is 1. The number of ether oxygens (including phenoxy) is 2. The lowest BCUT2D eigenvalue weighted by atomic mass is 9.89. The van der Waals surface area contributed by atoms with E-state index in [-0.39, 0.29) is 23.8 Å². The molecule has 1 aromatic heterocycles. The molecule has 1 aliphatic rings. The Morgan fingerprint density at radius 1 is 0.950 bits per heavy atom. The average molecular weight is 566 g/mol. The van der Waals surface area contributed by atoms with Gasteiger partial charge in [0.25, 0.3) is 0 Å². The summed E-state index contributed by atoms with van der Waals surface area (Å²) in [5, 5.41) is 2.07. The first-order valence-electron chi connectivity index (χ1n) is 12.8. The van der Waals surface area contributed by atoms with E-state index in [2.05, 4.69) is 5.32 Å². The van der Waals surface area contributed by atoms with Crippen molar-refractivity contribution in [1.29, 1.82) is 0 Å². The molecule has 1 amide bonds. The maximum absolute atomic E-state index is 14.7. The Hall–Kier alpha value is -4.11. The maximum Gasteiger partial charge on any atom is 0.412 e. The van der Waals surface area contributed by atoms with Gasteiger partial charge in [0, 0.05) is 11.6 Å². The molecule has 5 rings (SSSR count). The second-order valence-corrected chi connectivity index (χ2v) is 10.6. The molecule has 1 heterocycles. The highest BCUT2D eigenvalue weighted by Gasteiger charge is 2.53. The van der Waals surface area contributed by atoms with Crippen molar-refractivity contribution < 1.29 is 32.2 Å². The molecule has 206 valence electrons. The van der Waals surface area contributed by atoms with E-state index in [4.69, 9.17) is 9.47 Å². The van der Waals surface area contributed by atoms with Crippen molar-refractivity contribution in [2.45, 2.75) is 38.2 Å². The molecule has 4 aromatic rings. The fourth-order valence-electron chi connectivity index (χ4n) is 4.69. The summed E-state index contributed by atoms with van der Waals surface area (Å²) >= 11 is 0.851. The first-order chi connectivity index (χ1) is 19.2. The summed E-state index contributed by atoms with van der Waals surface area (Å²) in [4.78, 5) is 26.1. The van der Waals surface area contributed by atoms with Crippen molar-refractivity contribution in [3.8, 4) is 21.6 Å². The van der Waals surface area contributed by atoms with Gasteiger partial charge in [-0.25, -0.2) is 13.6 Å². The monoisotopic (exact) mass is 565 g/mol. The number of hydrogen-bond donors (Lipinski definition) is 1. The van der Waals surface area contributed by atoms with Crippen LogP contribution in [0.5, 0.6) is 0 Å². The predicted octanol–water partition coefficient (Wildman–Crippen LogP) is 8.40. The number of esters is 1. The highest BCUT2D eigenvalue weighted by atomic mass is 32.1. The zero-order valence-corrected chi connectivity index (χ0v) is 22.6. The number of amides is 1. The lowest BCUT2D eigenvalue weighted by molar-refractivity contribution is -0.146. The van der Waals surface area contributed by atoms with Crippen molar-refractivity contribution >= 4 is 29.1 Å². The molecular weight excluding hydrogens is 539 g/mol. The number of carbonyl (C=O) groups excluding carboxylic acids is 2. The summed E-state index contributed by atoms with van der Waals surface area (Å²) in [6.45, 7) is 3.55. The molecule has 1 saturated carbocycles. The third-order valence-corrected chi connectivity index (χ3v) is 7.91. The second-order valence-electron chi connectivity index (χ2n) is 9.57. The lowest BCUT2D eigenvalue weighted by Crippen LogP contribution is -2.23. The van der Waals surface area contributed by atoms with Crippen LogP contribution >= 0.6 is 11.3 Å². The van der Waals surface area contributed by atoms with Crippen LogP contribution in [0.15, 0.2) is 72.8 Å². The topological polar surface area (TPSA) is 64.6 Å². The molecule has 5 nitrogen and oxygen atoms in total. The van der Waals surface area contributed by atoms with Crippen LogP contribution in [0.1, 0.15) is 43.9 Å². The highest BCUT2D eigenvalue weighted by molar-refractivity contribution is 7.14. The smallest absolute Gasteiger partial charge is 0.412 e. The van der Waals surface area contributed by atoms with E-state index >= 15 is 0 Å². The standard InChI is InChI=1S/C31H26F3NO4S/c1-3-38-29(36)31(13-14-31)21-10-11-22(19-7-5-4-6-8-19)23(16-21)28-26(17-27(34)40-28)35-30(37)39-18(2)20-9-12-24(32)25(33)15-20/h4-12,15-18H,3,13-14H2,1-2H3,(H,35,37). The number of benzene rings is 3. The number of hydrogen-bond acceptors (Lipinski definition) is 5. The molecule has 3 aromatic carbocycles. The van der Waals surface area contributed by atoms with E-state index in [1.54, 1.807) is 6.92 Å². The molecule has 1 atom stereocenters. The largest absolute Gasteiger partial charge is 0.465 e. The van der Waals surface area contributed by atoms with Crippen molar-refractivity contribution in [2.24, 2.45) is 0 Å². The van der Waals surface area contributed by atoms with Gasteiger partial charge < -0.3 is 9.47 Å². The zero-order valence-electron chi connectivity index (χ0n) is 21.8. The van der Waals surface area contributed by atoms with Gasteiger partial charge >= 0.3 is 12.1 Å². The Bertz CT molecular complexity index is 1570. The third kappa shape index (κ3) is 5.47. The summed E-state index contributed by atoms with van der Waals surface area (Å²) in [6.07, 6.45) is -0.495. The number of thiophene rings is 1. The Morgan fingerprint density at radius 2 is 1.70 bits per heavy atom. The van der Waals surface area contributed by atoms with Crippen LogP contribution in [0.2, 0.25) is 0 Å². The van der Waals surface area contributed by atoms with Crippen molar-refractivity contribution in [2.75, 3.05) is 11.9 Å². The molecule has 40 heavy (non-hydrogen) atoms. The second kappa shape index (κ2) is 11.2. The number of carbonyl (C=O) groups is 2. The van der Waals surface area contributed by atoms with Gasteiger partial charge in [-0.1, -0.05) is 48.5 Å². The first-order valence-corrected chi connectivity index (χ1v) is 13.6. The SMILES string of the molecule is CCOC(=O)C1(c2ccc(-c3ccccc3)c(-c3sc(F)cc3NC(=O)OC(C)c3ccc(F)c(F)c3)c2)CC1. The Kier molecular flexibility index (Phi) is 7.67. The zero-order chi connectivity index (χ0) is 28.4. The predicted molar refractivity (Wildman–Crippen MR) is 148 cm³/mol. The van der Waals surface area contributed by atoms with Gasteiger partial charge in [0.05, 0.1) is 22.6 Å². The third-order valence-electron chi connectivity index (χ3n) is 6.95. The van der Waals surface area contributed by atoms with Crippen LogP contribution in [0.25, 0.3) is 21.6 Å². The minimum atomic E-state index is -1.06. The van der Waals surface area contributed by atoms with E-state index in [9.17, 15) is 22.8 Å². The van der Waals surface area contributed by atoms with Gasteiger partial charge in [0.15, 0.2) is 16.8 Å². The van der Waals surface area contributed by atoms with E-state index in [1.165, 1.54) is 19.1 Å². The summed E-state index contributed by atoms with van der Waals surface area (Å²) in [5.41, 5.74) is 2.75. The van der Waals surface area contributed by atoms with Crippen LogP contribution in [0.4, 0.5) is 23.7 Å². The quantitative estimate of drug-likeness (QED) is 0.218. The van der Waals surface area contributed by atoms with Crippen LogP contribution in [0, 0.1) is 16.8 Å². The molecule has 9 heteroatoms. The molecule has 1 fully saturated rings. The maximum atomic E-state index is 14.7. The Labute approximate surface area is 233 Å². The van der Waals surface area contributed by atoms with Gasteiger partial charge in [-0.05, 0) is 67.1 Å². The van der Waals surface area contributed by atoms with Crippen molar-refractivity contribution in [3.63, 3.8) is 0 Å². The van der Waals surface area contributed by atoms with Crippen LogP contribution in [-0.4, -0.2) is 18.7 Å². The molecule has 1 aliphatic carbocycles. The van der Waals surface area contributed by atoms with Crippen LogP contribution < -0.4 is 5.32 Å². The molecule has 1 unspecified atom stereocenters. The van der Waals surface area contributed by atoms with Gasteiger partial charge in [0.1, 0.15) is 6.10 Å². The van der Waals surface area contributed by atoms with Gasteiger partial charge in [-0.2, -0.15) is 4.39 Å². The van der Waals surface area contributed by atoms with E-state index in [0.717, 1.165) is 40.2 Å². The molecule has 0 spiro atoms. The minimum Gasteiger partial charge on any atom is -0.465 e. The number of anilines is 1. The van der Waals surface area contributed by atoms with E-state index in [1.807, 2.05) is 48.5 Å². The summed E-state index contributed by atoms with van der Waals surface area (Å²) in [5.74, 6) is -2.36. The summed E-state index contributed by atoms with van der Waals surface area (Å²) in [7, 11) is 0. The number of halogens is 3. The molecule has 0 radical (unpaired) electrons. The van der Waals surface area contributed by atoms with E-state index < -0.39 is 34.4 Å². The normalized spacial score (nSPS) is 14.3. The summed E-state index contributed by atoms with van der Waals surface area (Å²) < 4.78 is 52.4. The Balaban J connectivity index is 1.49. The van der Waals surface area contributed by atoms with Gasteiger partial charge in [-0.15, -0.1) is 11.3 Å². The minimum absolute atomic E-state index is 0.181. The average Bonchev–Trinajstić information content (AvgIpc) is 3.68. The Morgan fingerprint density at radius 3 is 2.38 bits per heavy atom. The number of rotatable bonds is 8. The first kappa shape index (κ1) is 27.5. The van der Waals surface area contributed by atoms with Crippen LogP contribution in [0.3, 0.4) is 0 Å². The molecule has 1 N–H and O–H groups in total. The molecule has 0 saturated heterocycles. The molecule has 0 bridgehead atoms.